The summed E-state index contributed by atoms with van der Waals surface area (Å²) in [6, 6.07) is 0. The molecule has 1 aliphatic carbocycles. The van der Waals surface area contributed by atoms with E-state index in [9.17, 15) is 4.79 Å². The van der Waals surface area contributed by atoms with Gasteiger partial charge in [0.25, 0.3) is 0 Å². The van der Waals surface area contributed by atoms with Crippen molar-refractivity contribution in [3.63, 3.8) is 0 Å². The van der Waals surface area contributed by atoms with Gasteiger partial charge in [0.15, 0.2) is 0 Å². The number of nitrogens with zero attached hydrogens (tertiary/aromatic N) is 1. The van der Waals surface area contributed by atoms with Crippen molar-refractivity contribution in [3.05, 3.63) is 0 Å². The number of hydrogen-bond acceptors (Lipinski definition) is 3. The summed E-state index contributed by atoms with van der Waals surface area (Å²) in [6.07, 6.45) is 2.27. The van der Waals surface area contributed by atoms with Gasteiger partial charge in [-0.3, -0.25) is 0 Å². The molecule has 0 radical (unpaired) electrons. The molecule has 1 amide bonds. The van der Waals surface area contributed by atoms with Crippen LogP contribution in [0.4, 0.5) is 4.79 Å². The molecule has 4 nitrogen and oxygen atoms in total. The van der Waals surface area contributed by atoms with Crippen molar-refractivity contribution in [2.45, 2.75) is 18.9 Å². The SMILES string of the molecule is NCC1CN(CC2CC2)C(=O)O1. The molecule has 2 fully saturated rings. The van der Waals surface area contributed by atoms with Crippen molar-refractivity contribution in [2.24, 2.45) is 11.7 Å². The number of carbonyl (C=O) groups is 1. The van der Waals surface area contributed by atoms with Crippen molar-refractivity contribution in [1.29, 1.82) is 0 Å². The van der Waals surface area contributed by atoms with E-state index in [2.05, 4.69) is 0 Å². The summed E-state index contributed by atoms with van der Waals surface area (Å²) in [5.41, 5.74) is 5.40. The number of amides is 1. The van der Waals surface area contributed by atoms with E-state index in [4.69, 9.17) is 10.5 Å². The number of rotatable bonds is 3. The van der Waals surface area contributed by atoms with Gasteiger partial charge in [0.05, 0.1) is 6.54 Å². The minimum atomic E-state index is -0.183. The Morgan fingerprint density at radius 3 is 2.83 bits per heavy atom. The van der Waals surface area contributed by atoms with Gasteiger partial charge >= 0.3 is 6.09 Å². The molecule has 0 aromatic carbocycles. The fourth-order valence-electron chi connectivity index (χ4n) is 1.46. The number of nitrogens with two attached hydrogens (primary N) is 1. The minimum absolute atomic E-state index is 0.0729. The van der Waals surface area contributed by atoms with Crippen molar-refractivity contribution >= 4 is 6.09 Å². The number of carbonyl (C=O) groups excluding carboxylic acids is 1. The molecule has 1 atom stereocenters. The molecular weight excluding hydrogens is 156 g/mol. The Morgan fingerprint density at radius 2 is 2.33 bits per heavy atom. The third kappa shape index (κ3) is 1.53. The van der Waals surface area contributed by atoms with Crippen molar-refractivity contribution in [1.82, 2.24) is 4.90 Å². The van der Waals surface area contributed by atoms with Crippen LogP contribution in [-0.2, 0) is 4.74 Å². The molecule has 2 aliphatic rings. The summed E-state index contributed by atoms with van der Waals surface area (Å²) in [4.78, 5) is 12.9. The topological polar surface area (TPSA) is 55.6 Å². The highest BCUT2D eigenvalue weighted by atomic mass is 16.6. The molecule has 4 heteroatoms. The summed E-state index contributed by atoms with van der Waals surface area (Å²) >= 11 is 0. The van der Waals surface area contributed by atoms with Crippen molar-refractivity contribution in [3.8, 4) is 0 Å². The molecule has 2 N–H and O–H groups in total. The van der Waals surface area contributed by atoms with Crippen LogP contribution in [-0.4, -0.2) is 36.7 Å². The predicted octanol–water partition coefficient (Wildman–Crippen LogP) is 0.176. The lowest BCUT2D eigenvalue weighted by molar-refractivity contribution is 0.134. The zero-order chi connectivity index (χ0) is 8.55. The molecule has 0 spiro atoms. The third-order valence-corrected chi connectivity index (χ3v) is 2.39. The second kappa shape index (κ2) is 2.94. The van der Waals surface area contributed by atoms with Crippen LogP contribution in [0.5, 0.6) is 0 Å². The first-order valence-electron chi connectivity index (χ1n) is 4.45. The van der Waals surface area contributed by atoms with E-state index in [-0.39, 0.29) is 12.2 Å². The Kier molecular flexibility index (Phi) is 1.92. The average molecular weight is 170 g/mol. The maximum Gasteiger partial charge on any atom is 0.410 e. The quantitative estimate of drug-likeness (QED) is 0.657. The molecule has 1 aliphatic heterocycles. The van der Waals surface area contributed by atoms with E-state index in [0.29, 0.717) is 13.1 Å². The van der Waals surface area contributed by atoms with E-state index < -0.39 is 0 Å². The Hall–Kier alpha value is -0.770. The summed E-state index contributed by atoms with van der Waals surface area (Å²) in [5.74, 6) is 0.731. The van der Waals surface area contributed by atoms with Gasteiger partial charge in [-0.25, -0.2) is 4.79 Å². The average Bonchev–Trinajstić information content (AvgIpc) is 2.78. The van der Waals surface area contributed by atoms with Crippen molar-refractivity contribution in [2.75, 3.05) is 19.6 Å². The molecule has 1 saturated carbocycles. The van der Waals surface area contributed by atoms with Crippen LogP contribution in [0.2, 0.25) is 0 Å². The zero-order valence-corrected chi connectivity index (χ0v) is 7.03. The summed E-state index contributed by atoms with van der Waals surface area (Å²) in [6.45, 7) is 1.99. The summed E-state index contributed by atoms with van der Waals surface area (Å²) in [7, 11) is 0. The summed E-state index contributed by atoms with van der Waals surface area (Å²) < 4.78 is 5.01. The Labute approximate surface area is 71.7 Å². The van der Waals surface area contributed by atoms with Crippen LogP contribution in [0.3, 0.4) is 0 Å². The van der Waals surface area contributed by atoms with Gasteiger partial charge in [-0.05, 0) is 18.8 Å². The first kappa shape index (κ1) is 7.86. The maximum atomic E-state index is 11.2. The van der Waals surface area contributed by atoms with E-state index >= 15 is 0 Å². The van der Waals surface area contributed by atoms with Crippen molar-refractivity contribution < 1.29 is 9.53 Å². The van der Waals surface area contributed by atoms with Gasteiger partial charge in [-0.15, -0.1) is 0 Å². The third-order valence-electron chi connectivity index (χ3n) is 2.39. The maximum absolute atomic E-state index is 11.2. The first-order valence-corrected chi connectivity index (χ1v) is 4.45. The predicted molar refractivity (Wildman–Crippen MR) is 43.6 cm³/mol. The molecule has 1 heterocycles. The molecule has 2 rings (SSSR count). The molecule has 12 heavy (non-hydrogen) atoms. The summed E-state index contributed by atoms with van der Waals surface area (Å²) in [5, 5.41) is 0. The van der Waals surface area contributed by atoms with Gasteiger partial charge in [-0.1, -0.05) is 0 Å². The Morgan fingerprint density at radius 1 is 1.58 bits per heavy atom. The largest absolute Gasteiger partial charge is 0.443 e. The zero-order valence-electron chi connectivity index (χ0n) is 7.03. The van der Waals surface area contributed by atoms with E-state index in [0.717, 1.165) is 12.5 Å². The number of cyclic esters (lactones) is 1. The standard InChI is InChI=1S/C8H14N2O2/c9-3-7-5-10(8(11)12-7)4-6-1-2-6/h6-7H,1-5,9H2. The number of ether oxygens (including phenoxy) is 1. The molecule has 1 unspecified atom stereocenters. The Balaban J connectivity index is 1.84. The first-order chi connectivity index (χ1) is 5.79. The van der Waals surface area contributed by atoms with Gasteiger partial charge in [0, 0.05) is 13.1 Å². The highest BCUT2D eigenvalue weighted by Crippen LogP contribution is 2.30. The van der Waals surface area contributed by atoms with E-state index in [1.807, 2.05) is 0 Å². The molecule has 0 aromatic heterocycles. The van der Waals surface area contributed by atoms with Crippen LogP contribution in [0.1, 0.15) is 12.8 Å². The second-order valence-corrected chi connectivity index (χ2v) is 3.59. The fraction of sp³-hybridized carbons (Fsp3) is 0.875. The van der Waals surface area contributed by atoms with Crippen LogP contribution in [0, 0.1) is 5.92 Å². The van der Waals surface area contributed by atoms with Gasteiger partial charge in [-0.2, -0.15) is 0 Å². The van der Waals surface area contributed by atoms with Crippen LogP contribution in [0.25, 0.3) is 0 Å². The van der Waals surface area contributed by atoms with E-state index in [1.54, 1.807) is 4.90 Å². The van der Waals surface area contributed by atoms with Crippen LogP contribution < -0.4 is 5.73 Å². The number of hydrogen-bond donors (Lipinski definition) is 1. The minimum Gasteiger partial charge on any atom is -0.443 e. The van der Waals surface area contributed by atoms with Gasteiger partial charge in [0.1, 0.15) is 6.10 Å². The molecule has 0 aromatic rings. The molecular formula is C8H14N2O2. The second-order valence-electron chi connectivity index (χ2n) is 3.59. The molecule has 0 bridgehead atoms. The highest BCUT2D eigenvalue weighted by Gasteiger charge is 2.34. The lowest BCUT2D eigenvalue weighted by Crippen LogP contribution is -2.29. The van der Waals surface area contributed by atoms with Gasteiger partial charge in [0.2, 0.25) is 0 Å². The highest BCUT2D eigenvalue weighted by molar-refractivity contribution is 5.69. The monoisotopic (exact) mass is 170 g/mol. The van der Waals surface area contributed by atoms with Crippen LogP contribution in [0.15, 0.2) is 0 Å². The smallest absolute Gasteiger partial charge is 0.410 e. The normalized spacial score (nSPS) is 29.2. The van der Waals surface area contributed by atoms with E-state index in [1.165, 1.54) is 12.8 Å². The lowest BCUT2D eigenvalue weighted by atomic mass is 10.3. The Bertz CT molecular complexity index is 191. The lowest BCUT2D eigenvalue weighted by Gasteiger charge is -2.10. The fourth-order valence-corrected chi connectivity index (χ4v) is 1.46. The molecule has 68 valence electrons. The van der Waals surface area contributed by atoms with Crippen LogP contribution >= 0.6 is 0 Å². The van der Waals surface area contributed by atoms with Gasteiger partial charge < -0.3 is 15.4 Å². The molecule has 1 saturated heterocycles.